The number of halogens is 1. The van der Waals surface area contributed by atoms with Gasteiger partial charge in [0.1, 0.15) is 5.82 Å². The van der Waals surface area contributed by atoms with Crippen molar-refractivity contribution in [2.45, 2.75) is 26.4 Å². The summed E-state index contributed by atoms with van der Waals surface area (Å²) < 4.78 is 19.8. The highest BCUT2D eigenvalue weighted by Gasteiger charge is 2.16. The summed E-state index contributed by atoms with van der Waals surface area (Å²) in [4.78, 5) is 24.5. The molecule has 7 heteroatoms. The Morgan fingerprint density at radius 1 is 1.18 bits per heavy atom. The smallest absolute Gasteiger partial charge is 0.271 e. The zero-order chi connectivity index (χ0) is 20.1. The van der Waals surface area contributed by atoms with Crippen molar-refractivity contribution in [2.75, 3.05) is 5.32 Å². The lowest BCUT2D eigenvalue weighted by molar-refractivity contribution is -0.122. The first-order chi connectivity index (χ1) is 13.5. The summed E-state index contributed by atoms with van der Waals surface area (Å²) >= 11 is 0. The largest absolute Gasteiger partial charge is 0.463 e. The van der Waals surface area contributed by atoms with Crippen LogP contribution in [0, 0.1) is 5.82 Å². The maximum Gasteiger partial charge on any atom is 0.271 e. The molecule has 1 atom stereocenters. The Bertz CT molecular complexity index is 1030. The molecule has 1 heterocycles. The number of rotatable bonds is 6. The van der Waals surface area contributed by atoms with Gasteiger partial charge in [-0.05, 0) is 55.3 Å². The number of amides is 1. The lowest BCUT2D eigenvalue weighted by Gasteiger charge is -2.15. The van der Waals surface area contributed by atoms with Gasteiger partial charge in [-0.1, -0.05) is 19.1 Å². The van der Waals surface area contributed by atoms with Crippen molar-refractivity contribution in [1.29, 1.82) is 0 Å². The first kappa shape index (κ1) is 19.3. The predicted octanol–water partition coefficient (Wildman–Crippen LogP) is 3.34. The Labute approximate surface area is 161 Å². The zero-order valence-corrected chi connectivity index (χ0v) is 15.6. The van der Waals surface area contributed by atoms with Crippen molar-refractivity contribution in [3.05, 3.63) is 82.4 Å². The molecular formula is C21H20FN3O3. The van der Waals surface area contributed by atoms with E-state index in [1.807, 2.05) is 25.1 Å². The number of ether oxygens (including phenoxy) is 1. The molecule has 0 saturated carbocycles. The van der Waals surface area contributed by atoms with Crippen LogP contribution >= 0.6 is 0 Å². The van der Waals surface area contributed by atoms with E-state index in [2.05, 4.69) is 10.4 Å². The van der Waals surface area contributed by atoms with Crippen molar-refractivity contribution < 1.29 is 13.9 Å². The summed E-state index contributed by atoms with van der Waals surface area (Å²) in [5.74, 6) is -0.648. The van der Waals surface area contributed by atoms with Crippen LogP contribution in [-0.4, -0.2) is 21.8 Å². The number of benzene rings is 2. The molecule has 6 nitrogen and oxygen atoms in total. The van der Waals surface area contributed by atoms with Crippen molar-refractivity contribution in [1.82, 2.24) is 9.78 Å². The minimum atomic E-state index is -0.836. The standard InChI is InChI=1S/C21H20FN3O3/c1-3-15-5-4-6-17(13-15)23-21(27)14(2)28-19-11-12-20(26)25(24-19)18-9-7-16(22)8-10-18/h4-14H,3H2,1-2H3,(H,23,27). The van der Waals surface area contributed by atoms with Gasteiger partial charge in [0.2, 0.25) is 5.88 Å². The van der Waals surface area contributed by atoms with Crippen LogP contribution in [-0.2, 0) is 11.2 Å². The number of carbonyl (C=O) groups excluding carboxylic acids is 1. The molecule has 1 amide bonds. The van der Waals surface area contributed by atoms with Gasteiger partial charge in [0.15, 0.2) is 6.10 Å². The number of nitrogens with one attached hydrogen (secondary N) is 1. The first-order valence-electron chi connectivity index (χ1n) is 8.89. The molecule has 0 saturated heterocycles. The number of aryl methyl sites for hydroxylation is 1. The van der Waals surface area contributed by atoms with E-state index in [0.717, 1.165) is 16.7 Å². The second kappa shape index (κ2) is 8.47. The second-order valence-corrected chi connectivity index (χ2v) is 6.20. The van der Waals surface area contributed by atoms with E-state index >= 15 is 0 Å². The first-order valence-corrected chi connectivity index (χ1v) is 8.89. The van der Waals surface area contributed by atoms with Gasteiger partial charge in [-0.25, -0.2) is 4.39 Å². The lowest BCUT2D eigenvalue weighted by Crippen LogP contribution is -2.31. The minimum absolute atomic E-state index is 0.105. The monoisotopic (exact) mass is 381 g/mol. The summed E-state index contributed by atoms with van der Waals surface area (Å²) in [7, 11) is 0. The van der Waals surface area contributed by atoms with E-state index in [1.54, 1.807) is 13.0 Å². The summed E-state index contributed by atoms with van der Waals surface area (Å²) in [6, 6.07) is 15.6. The molecule has 1 aromatic heterocycles. The molecular weight excluding hydrogens is 361 g/mol. The molecule has 1 unspecified atom stereocenters. The van der Waals surface area contributed by atoms with Gasteiger partial charge in [-0.3, -0.25) is 9.59 Å². The highest BCUT2D eigenvalue weighted by atomic mass is 19.1. The van der Waals surface area contributed by atoms with Crippen LogP contribution in [0.1, 0.15) is 19.4 Å². The minimum Gasteiger partial charge on any atom is -0.463 e. The van der Waals surface area contributed by atoms with Gasteiger partial charge in [0.25, 0.3) is 11.5 Å². The van der Waals surface area contributed by atoms with Gasteiger partial charge in [0, 0.05) is 17.8 Å². The number of anilines is 1. The van der Waals surface area contributed by atoms with Crippen molar-refractivity contribution in [3.8, 4) is 11.6 Å². The number of nitrogens with zero attached hydrogens (tertiary/aromatic N) is 2. The average Bonchev–Trinajstić information content (AvgIpc) is 2.70. The van der Waals surface area contributed by atoms with Crippen LogP contribution in [0.15, 0.2) is 65.5 Å². The fraction of sp³-hybridized carbons (Fsp3) is 0.190. The molecule has 3 aromatic rings. The Morgan fingerprint density at radius 3 is 2.64 bits per heavy atom. The average molecular weight is 381 g/mol. The molecule has 1 N–H and O–H groups in total. The maximum atomic E-state index is 13.1. The third-order valence-corrected chi connectivity index (χ3v) is 4.12. The highest BCUT2D eigenvalue weighted by Crippen LogP contribution is 2.14. The van der Waals surface area contributed by atoms with Gasteiger partial charge < -0.3 is 10.1 Å². The van der Waals surface area contributed by atoms with Gasteiger partial charge in [0.05, 0.1) is 5.69 Å². The van der Waals surface area contributed by atoms with E-state index in [9.17, 15) is 14.0 Å². The lowest BCUT2D eigenvalue weighted by atomic mass is 10.1. The van der Waals surface area contributed by atoms with Crippen LogP contribution in [0.3, 0.4) is 0 Å². The van der Waals surface area contributed by atoms with Crippen molar-refractivity contribution >= 4 is 11.6 Å². The molecule has 0 spiro atoms. The molecule has 28 heavy (non-hydrogen) atoms. The highest BCUT2D eigenvalue weighted by molar-refractivity contribution is 5.94. The Morgan fingerprint density at radius 2 is 1.93 bits per heavy atom. The molecule has 0 aliphatic rings. The Balaban J connectivity index is 1.73. The fourth-order valence-electron chi connectivity index (χ4n) is 2.57. The maximum absolute atomic E-state index is 13.1. The molecule has 0 bridgehead atoms. The van der Waals surface area contributed by atoms with Crippen LogP contribution in [0.25, 0.3) is 5.69 Å². The molecule has 0 fully saturated rings. The van der Waals surface area contributed by atoms with Crippen LogP contribution in [0.4, 0.5) is 10.1 Å². The fourth-order valence-corrected chi connectivity index (χ4v) is 2.57. The predicted molar refractivity (Wildman–Crippen MR) is 104 cm³/mol. The van der Waals surface area contributed by atoms with E-state index < -0.39 is 17.5 Å². The zero-order valence-electron chi connectivity index (χ0n) is 15.6. The van der Waals surface area contributed by atoms with E-state index in [1.165, 1.54) is 36.4 Å². The number of aromatic nitrogens is 2. The van der Waals surface area contributed by atoms with Crippen molar-refractivity contribution in [2.24, 2.45) is 0 Å². The molecule has 144 valence electrons. The topological polar surface area (TPSA) is 73.2 Å². The summed E-state index contributed by atoms with van der Waals surface area (Å²) in [6.45, 7) is 3.63. The molecule has 0 aliphatic carbocycles. The summed E-state index contributed by atoms with van der Waals surface area (Å²) in [5.41, 5.74) is 1.79. The third kappa shape index (κ3) is 4.62. The third-order valence-electron chi connectivity index (χ3n) is 4.12. The quantitative estimate of drug-likeness (QED) is 0.711. The van der Waals surface area contributed by atoms with E-state index in [4.69, 9.17) is 4.74 Å². The van der Waals surface area contributed by atoms with Crippen LogP contribution in [0.5, 0.6) is 5.88 Å². The summed E-state index contributed by atoms with van der Waals surface area (Å²) in [6.07, 6.45) is 0.0295. The summed E-state index contributed by atoms with van der Waals surface area (Å²) in [5, 5.41) is 6.91. The molecule has 0 aliphatic heterocycles. The Kier molecular flexibility index (Phi) is 5.84. The normalized spacial score (nSPS) is 11.7. The molecule has 2 aromatic carbocycles. The van der Waals surface area contributed by atoms with E-state index in [0.29, 0.717) is 11.4 Å². The van der Waals surface area contributed by atoms with Crippen LogP contribution in [0.2, 0.25) is 0 Å². The van der Waals surface area contributed by atoms with Crippen molar-refractivity contribution in [3.63, 3.8) is 0 Å². The number of hydrogen-bond donors (Lipinski definition) is 1. The number of carbonyl (C=O) groups is 1. The SMILES string of the molecule is CCc1cccc(NC(=O)C(C)Oc2ccc(=O)n(-c3ccc(F)cc3)n2)c1. The Hall–Kier alpha value is -3.48. The van der Waals surface area contributed by atoms with Gasteiger partial charge in [-0.2, -0.15) is 4.68 Å². The van der Waals surface area contributed by atoms with E-state index in [-0.39, 0.29) is 11.8 Å². The van der Waals surface area contributed by atoms with Gasteiger partial charge >= 0.3 is 0 Å². The molecule has 3 rings (SSSR count). The number of hydrogen-bond acceptors (Lipinski definition) is 4. The van der Waals surface area contributed by atoms with Gasteiger partial charge in [-0.15, -0.1) is 5.10 Å². The second-order valence-electron chi connectivity index (χ2n) is 6.20. The van der Waals surface area contributed by atoms with Crippen LogP contribution < -0.4 is 15.6 Å². The molecule has 0 radical (unpaired) electrons.